The number of alkyl halides is 1. The molecule has 1 aliphatic rings. The summed E-state index contributed by atoms with van der Waals surface area (Å²) in [7, 11) is -4.76. The van der Waals surface area contributed by atoms with Gasteiger partial charge in [0.1, 0.15) is 6.10 Å². The summed E-state index contributed by atoms with van der Waals surface area (Å²) in [5, 5.41) is 2.61. The lowest BCUT2D eigenvalue weighted by Gasteiger charge is -2.45. The van der Waals surface area contributed by atoms with Crippen LogP contribution in [0.25, 0.3) is 0 Å². The van der Waals surface area contributed by atoms with Gasteiger partial charge in [-0.1, -0.05) is 144 Å². The Morgan fingerprint density at radius 3 is 1.77 bits per heavy atom. The molecular formula is C36H57IO4Si2. The van der Waals surface area contributed by atoms with E-state index in [2.05, 4.69) is 164 Å². The first-order valence-corrected chi connectivity index (χ1v) is 22.3. The fraction of sp³-hybridized carbons (Fsp3) is 0.611. The number of halogens is 1. The first kappa shape index (κ1) is 36.6. The number of benzene rings is 2. The fourth-order valence-corrected chi connectivity index (χ4v) is 12.4. The predicted octanol–water partition coefficient (Wildman–Crippen LogP) is 8.88. The molecule has 0 amide bonds. The van der Waals surface area contributed by atoms with Crippen LogP contribution in [0.4, 0.5) is 0 Å². The molecule has 0 aromatic heterocycles. The van der Waals surface area contributed by atoms with Crippen LogP contribution in [0, 0.1) is 5.92 Å². The van der Waals surface area contributed by atoms with E-state index < -0.39 is 22.4 Å². The highest BCUT2D eigenvalue weighted by atomic mass is 127. The third-order valence-corrected chi connectivity index (χ3v) is 19.5. The Morgan fingerprint density at radius 1 is 0.814 bits per heavy atom. The smallest absolute Gasteiger partial charge is 0.261 e. The van der Waals surface area contributed by atoms with Gasteiger partial charge in [0.2, 0.25) is 0 Å². The molecule has 0 radical (unpaired) electrons. The first-order chi connectivity index (χ1) is 19.8. The molecule has 0 spiro atoms. The van der Waals surface area contributed by atoms with E-state index in [1.165, 1.54) is 10.4 Å². The Bertz CT molecular complexity index is 1130. The molecule has 240 valence electrons. The van der Waals surface area contributed by atoms with Crippen molar-refractivity contribution < 1.29 is 18.3 Å². The summed E-state index contributed by atoms with van der Waals surface area (Å²) in [6, 6.07) is 21.8. The van der Waals surface area contributed by atoms with Crippen molar-refractivity contribution in [2.24, 2.45) is 5.92 Å². The molecule has 43 heavy (non-hydrogen) atoms. The number of ether oxygens (including phenoxy) is 2. The third kappa shape index (κ3) is 8.71. The van der Waals surface area contributed by atoms with Crippen LogP contribution < -0.4 is 10.4 Å². The zero-order chi connectivity index (χ0) is 32.3. The standard InChI is InChI=1S/C36H57IO4Si2/c1-27(23-24-32(41-42(11,12)34(3,4)5)33-31(25-26-37)38-36(9,10)39-33)28(2)40-43(35(6,7)8,29-19-15-13-16-20-29)30-21-17-14-18-22-30/h13-24,27-28,31-33H,25-26H2,1-12H3/b24-23-/t27-,28-,31+,32?,33+/m1/s1. The molecule has 0 aliphatic carbocycles. The molecule has 4 nitrogen and oxygen atoms in total. The average molecular weight is 737 g/mol. The highest BCUT2D eigenvalue weighted by Crippen LogP contribution is 2.41. The summed E-state index contributed by atoms with van der Waals surface area (Å²) in [6.07, 6.45) is 5.12. The average Bonchev–Trinajstić information content (AvgIpc) is 3.22. The van der Waals surface area contributed by atoms with E-state index in [-0.39, 0.29) is 40.4 Å². The molecule has 1 saturated heterocycles. The molecule has 0 bridgehead atoms. The van der Waals surface area contributed by atoms with Crippen molar-refractivity contribution in [3.8, 4) is 0 Å². The summed E-state index contributed by atoms with van der Waals surface area (Å²) in [4.78, 5) is 0. The van der Waals surface area contributed by atoms with E-state index in [1.54, 1.807) is 0 Å². The van der Waals surface area contributed by atoms with Crippen LogP contribution in [0.15, 0.2) is 72.8 Å². The zero-order valence-electron chi connectivity index (χ0n) is 28.7. The molecule has 5 atom stereocenters. The van der Waals surface area contributed by atoms with E-state index in [4.69, 9.17) is 18.3 Å². The second-order valence-electron chi connectivity index (χ2n) is 15.2. The van der Waals surface area contributed by atoms with Crippen LogP contribution in [0.2, 0.25) is 23.2 Å². The van der Waals surface area contributed by atoms with Gasteiger partial charge in [-0.25, -0.2) is 0 Å². The molecule has 3 rings (SSSR count). The summed E-state index contributed by atoms with van der Waals surface area (Å²) in [6.45, 7) is 27.1. The highest BCUT2D eigenvalue weighted by molar-refractivity contribution is 14.1. The Labute approximate surface area is 278 Å². The van der Waals surface area contributed by atoms with E-state index in [1.807, 2.05) is 13.8 Å². The van der Waals surface area contributed by atoms with Crippen LogP contribution in [-0.2, 0) is 18.3 Å². The van der Waals surface area contributed by atoms with Gasteiger partial charge in [-0.2, -0.15) is 0 Å². The van der Waals surface area contributed by atoms with Crippen LogP contribution >= 0.6 is 22.6 Å². The Hall–Kier alpha value is -0.816. The second-order valence-corrected chi connectivity index (χ2v) is 25.3. The van der Waals surface area contributed by atoms with Gasteiger partial charge in [0, 0.05) is 10.5 Å². The van der Waals surface area contributed by atoms with E-state index >= 15 is 0 Å². The van der Waals surface area contributed by atoms with Gasteiger partial charge in [0.15, 0.2) is 14.1 Å². The van der Waals surface area contributed by atoms with Gasteiger partial charge < -0.3 is 18.3 Å². The number of rotatable bonds is 12. The normalized spacial score (nSPS) is 22.1. The first-order valence-electron chi connectivity index (χ1n) is 15.9. The summed E-state index contributed by atoms with van der Waals surface area (Å²) in [5.41, 5.74) is 0. The molecule has 7 heteroatoms. The van der Waals surface area contributed by atoms with Gasteiger partial charge in [-0.15, -0.1) is 0 Å². The number of hydrogen-bond donors (Lipinski definition) is 0. The summed E-state index contributed by atoms with van der Waals surface area (Å²) < 4.78 is 28.5. The van der Waals surface area contributed by atoms with E-state index in [9.17, 15) is 0 Å². The minimum atomic E-state index is -2.66. The largest absolute Gasteiger partial charge is 0.408 e. The minimum absolute atomic E-state index is 0.00703. The molecule has 1 heterocycles. The summed E-state index contributed by atoms with van der Waals surface area (Å²) >= 11 is 2.43. The van der Waals surface area contributed by atoms with Gasteiger partial charge in [0.05, 0.1) is 12.2 Å². The SMILES string of the molecule is C[C@H](/C=C\C(O[Si](C)(C)C(C)(C)C)[C@H]1OC(C)(C)O[C@H]1CCI)[C@@H](C)O[Si](c1ccccc1)(c1ccccc1)C(C)(C)C. The molecule has 1 aliphatic heterocycles. The Morgan fingerprint density at radius 2 is 1.33 bits per heavy atom. The molecule has 0 saturated carbocycles. The van der Waals surface area contributed by atoms with Crippen molar-refractivity contribution in [2.45, 2.75) is 129 Å². The van der Waals surface area contributed by atoms with E-state index in [0.717, 1.165) is 10.8 Å². The van der Waals surface area contributed by atoms with Crippen LogP contribution in [0.3, 0.4) is 0 Å². The van der Waals surface area contributed by atoms with Gasteiger partial charge in [-0.3, -0.25) is 0 Å². The quantitative estimate of drug-likeness (QED) is 0.0945. The van der Waals surface area contributed by atoms with Crippen molar-refractivity contribution in [2.75, 3.05) is 4.43 Å². The van der Waals surface area contributed by atoms with Gasteiger partial charge in [0.25, 0.3) is 8.32 Å². The maximum absolute atomic E-state index is 7.44. The van der Waals surface area contributed by atoms with E-state index in [0.29, 0.717) is 0 Å². The molecule has 2 aromatic carbocycles. The van der Waals surface area contributed by atoms with Crippen molar-refractivity contribution in [1.82, 2.24) is 0 Å². The third-order valence-electron chi connectivity index (χ3n) is 9.30. The van der Waals surface area contributed by atoms with Crippen LogP contribution in [0.1, 0.15) is 75.7 Å². The maximum atomic E-state index is 7.44. The molecular weight excluding hydrogens is 679 g/mol. The Kier molecular flexibility index (Phi) is 12.2. The minimum Gasteiger partial charge on any atom is -0.408 e. The number of hydrogen-bond acceptors (Lipinski definition) is 4. The van der Waals surface area contributed by atoms with Crippen molar-refractivity contribution in [3.05, 3.63) is 72.8 Å². The monoisotopic (exact) mass is 736 g/mol. The second kappa shape index (κ2) is 14.3. The maximum Gasteiger partial charge on any atom is 0.261 e. The van der Waals surface area contributed by atoms with Gasteiger partial charge in [-0.05, 0) is 66.7 Å². The van der Waals surface area contributed by atoms with Crippen molar-refractivity contribution in [1.29, 1.82) is 0 Å². The zero-order valence-corrected chi connectivity index (χ0v) is 32.9. The lowest BCUT2D eigenvalue weighted by molar-refractivity contribution is -0.151. The molecule has 1 fully saturated rings. The Balaban J connectivity index is 1.99. The van der Waals surface area contributed by atoms with Crippen molar-refractivity contribution >= 4 is 49.6 Å². The predicted molar refractivity (Wildman–Crippen MR) is 196 cm³/mol. The van der Waals surface area contributed by atoms with Crippen molar-refractivity contribution in [3.63, 3.8) is 0 Å². The lowest BCUT2D eigenvalue weighted by Crippen LogP contribution is -2.67. The molecule has 1 unspecified atom stereocenters. The lowest BCUT2D eigenvalue weighted by atomic mass is 10.0. The fourth-order valence-electron chi connectivity index (χ4n) is 5.72. The highest BCUT2D eigenvalue weighted by Gasteiger charge is 2.52. The van der Waals surface area contributed by atoms with Crippen LogP contribution in [-0.4, -0.2) is 51.3 Å². The summed E-state index contributed by atoms with van der Waals surface area (Å²) in [5.74, 6) is -0.472. The van der Waals surface area contributed by atoms with Gasteiger partial charge >= 0.3 is 0 Å². The molecule has 2 aromatic rings. The van der Waals surface area contributed by atoms with Crippen LogP contribution in [0.5, 0.6) is 0 Å². The molecule has 0 N–H and O–H groups in total. The topological polar surface area (TPSA) is 36.9 Å².